The zero-order valence-electron chi connectivity index (χ0n) is 20.9. The molecule has 4 saturated heterocycles. The second-order valence-electron chi connectivity index (χ2n) is 10.9. The summed E-state index contributed by atoms with van der Waals surface area (Å²) in [4.78, 5) is 19.5. The van der Waals surface area contributed by atoms with Crippen LogP contribution in [0.5, 0.6) is 0 Å². The highest BCUT2D eigenvalue weighted by atomic mass is 32.2. The van der Waals surface area contributed by atoms with Crippen LogP contribution in [0.2, 0.25) is 0 Å². The summed E-state index contributed by atoms with van der Waals surface area (Å²) in [5.74, 6) is 0.0880. The third-order valence-electron chi connectivity index (χ3n) is 7.91. The van der Waals surface area contributed by atoms with Crippen molar-refractivity contribution in [3.8, 4) is 0 Å². The van der Waals surface area contributed by atoms with Crippen molar-refractivity contribution in [1.29, 1.82) is 0 Å². The van der Waals surface area contributed by atoms with Crippen LogP contribution < -0.4 is 15.5 Å². The van der Waals surface area contributed by atoms with Crippen molar-refractivity contribution in [2.75, 3.05) is 66.3 Å². The van der Waals surface area contributed by atoms with Crippen molar-refractivity contribution < 1.29 is 21.6 Å². The van der Waals surface area contributed by atoms with Crippen molar-refractivity contribution in [1.82, 2.24) is 4.90 Å². The molecule has 2 N–H and O–H groups in total. The number of carbonyl (C=O) groups is 1. The lowest BCUT2D eigenvalue weighted by Gasteiger charge is -2.48. The highest BCUT2D eigenvalue weighted by Gasteiger charge is 2.47. The summed E-state index contributed by atoms with van der Waals surface area (Å²) in [6, 6.07) is 8.30. The molecule has 0 aliphatic carbocycles. The van der Waals surface area contributed by atoms with Gasteiger partial charge >= 0.3 is 0 Å². The van der Waals surface area contributed by atoms with Gasteiger partial charge in [0.25, 0.3) is 0 Å². The van der Waals surface area contributed by atoms with Gasteiger partial charge in [0, 0.05) is 50.6 Å². The molecule has 0 radical (unpaired) electrons. The van der Waals surface area contributed by atoms with Gasteiger partial charge in [0.2, 0.25) is 5.91 Å². The zero-order chi connectivity index (χ0) is 25.6. The van der Waals surface area contributed by atoms with Crippen molar-refractivity contribution >= 4 is 37.0 Å². The Balaban J connectivity index is 1.53. The van der Waals surface area contributed by atoms with Gasteiger partial charge in [-0.05, 0) is 48.9 Å². The van der Waals surface area contributed by atoms with Gasteiger partial charge in [0.15, 0.2) is 19.7 Å². The van der Waals surface area contributed by atoms with Crippen LogP contribution in [-0.4, -0.2) is 95.5 Å². The Bertz CT molecular complexity index is 1140. The molecule has 1 unspecified atom stereocenters. The lowest BCUT2D eigenvalue weighted by atomic mass is 9.73. The summed E-state index contributed by atoms with van der Waals surface area (Å²) in [6.07, 6.45) is 0.974. The molecule has 35 heavy (non-hydrogen) atoms. The van der Waals surface area contributed by atoms with E-state index in [1.165, 1.54) is 6.92 Å². The van der Waals surface area contributed by atoms with E-state index in [2.05, 4.69) is 35.8 Å². The van der Waals surface area contributed by atoms with Crippen molar-refractivity contribution in [2.45, 2.75) is 38.5 Å². The van der Waals surface area contributed by atoms with E-state index in [0.29, 0.717) is 26.2 Å². The van der Waals surface area contributed by atoms with Crippen molar-refractivity contribution in [2.24, 2.45) is 17.1 Å². The average Bonchev–Trinajstić information content (AvgIpc) is 3.05. The summed E-state index contributed by atoms with van der Waals surface area (Å²) >= 11 is 0. The molecule has 0 aromatic heterocycles. The van der Waals surface area contributed by atoms with Crippen molar-refractivity contribution in [3.63, 3.8) is 0 Å². The standard InChI is InChI=1S/C24H38N4O5S2/c1-18(35(32,33)11-8-25)23(29)27-15-19-14-24(2,3)22(17-27)28(16-19)21-6-4-20(5-7-21)26-9-12-34(30,31)13-10-26/h4-7,18-19,22H,8-17,25H2,1-3H3/t18?,19-,22-/m1/s1. The topological polar surface area (TPSA) is 121 Å². The lowest BCUT2D eigenvalue weighted by Crippen LogP contribution is -2.54. The van der Waals surface area contributed by atoms with E-state index in [1.807, 2.05) is 12.1 Å². The van der Waals surface area contributed by atoms with Crippen LogP contribution in [0.3, 0.4) is 0 Å². The van der Waals surface area contributed by atoms with Crippen LogP contribution in [0.4, 0.5) is 11.4 Å². The number of fused-ring (bicyclic) bond motifs is 4. The number of sulfone groups is 2. The SMILES string of the molecule is CC(C(=O)N1C[C@@H]2CN(c3ccc(N4CCS(=O)(=O)CC4)cc3)[C@H](C1)C(C)(C)C2)S(=O)(=O)CCN. The molecule has 0 saturated carbocycles. The van der Waals surface area contributed by atoms with Gasteiger partial charge < -0.3 is 20.4 Å². The van der Waals surface area contributed by atoms with Gasteiger partial charge in [-0.25, -0.2) is 16.8 Å². The van der Waals surface area contributed by atoms with E-state index < -0.39 is 24.9 Å². The molecule has 11 heteroatoms. The Kier molecular flexibility index (Phi) is 7.16. The molecule has 9 nitrogen and oxygen atoms in total. The fourth-order valence-electron chi connectivity index (χ4n) is 5.88. The van der Waals surface area contributed by atoms with Crippen molar-refractivity contribution in [3.05, 3.63) is 24.3 Å². The van der Waals surface area contributed by atoms with Gasteiger partial charge in [-0.2, -0.15) is 0 Å². The molecule has 4 aliphatic rings. The first kappa shape index (κ1) is 26.2. The molecule has 2 bridgehead atoms. The Morgan fingerprint density at radius 3 is 2.29 bits per heavy atom. The molecule has 4 heterocycles. The van der Waals surface area contributed by atoms with E-state index in [0.717, 1.165) is 24.3 Å². The summed E-state index contributed by atoms with van der Waals surface area (Å²) in [6.45, 7) is 8.79. The molecule has 3 atom stereocenters. The van der Waals surface area contributed by atoms with Crippen LogP contribution >= 0.6 is 0 Å². The molecule has 4 aliphatic heterocycles. The summed E-state index contributed by atoms with van der Waals surface area (Å²) in [5, 5.41) is -1.09. The van der Waals surface area contributed by atoms with Gasteiger partial charge in [-0.3, -0.25) is 4.79 Å². The number of benzene rings is 1. The van der Waals surface area contributed by atoms with Gasteiger partial charge in [0.05, 0.1) is 23.3 Å². The Morgan fingerprint density at radius 2 is 1.69 bits per heavy atom. The molecule has 1 aromatic rings. The molecule has 1 aromatic carbocycles. The third kappa shape index (κ3) is 5.46. The second kappa shape index (κ2) is 9.55. The second-order valence-corrected chi connectivity index (χ2v) is 15.7. The Labute approximate surface area is 209 Å². The van der Waals surface area contributed by atoms with E-state index in [-0.39, 0.29) is 47.1 Å². The molecule has 1 amide bonds. The molecular formula is C24H38N4O5S2. The predicted octanol–water partition coefficient (Wildman–Crippen LogP) is 0.747. The number of rotatable bonds is 6. The minimum Gasteiger partial charge on any atom is -0.369 e. The van der Waals surface area contributed by atoms with E-state index in [9.17, 15) is 21.6 Å². The number of amides is 1. The largest absolute Gasteiger partial charge is 0.369 e. The number of hydrogen-bond acceptors (Lipinski definition) is 8. The first-order valence-electron chi connectivity index (χ1n) is 12.4. The number of nitrogens with zero attached hydrogens (tertiary/aromatic N) is 3. The summed E-state index contributed by atoms with van der Waals surface area (Å²) < 4.78 is 48.5. The van der Waals surface area contributed by atoms with E-state index in [1.54, 1.807) is 4.90 Å². The van der Waals surface area contributed by atoms with Crippen LogP contribution in [0, 0.1) is 11.3 Å². The molecule has 4 fully saturated rings. The summed E-state index contributed by atoms with van der Waals surface area (Å²) in [5.41, 5.74) is 7.49. The van der Waals surface area contributed by atoms with Crippen LogP contribution in [-0.2, 0) is 24.5 Å². The highest BCUT2D eigenvalue weighted by Crippen LogP contribution is 2.43. The number of piperidine rings is 1. The first-order chi connectivity index (χ1) is 16.3. The number of hydrogen-bond donors (Lipinski definition) is 1. The highest BCUT2D eigenvalue weighted by molar-refractivity contribution is 7.92. The molecule has 0 spiro atoms. The minimum atomic E-state index is -3.57. The maximum absolute atomic E-state index is 13.3. The Morgan fingerprint density at radius 1 is 1.09 bits per heavy atom. The Hall–Kier alpha value is -1.85. The maximum Gasteiger partial charge on any atom is 0.240 e. The van der Waals surface area contributed by atoms with Gasteiger partial charge in [0.1, 0.15) is 5.25 Å². The normalized spacial score (nSPS) is 26.9. The molecule has 196 valence electrons. The van der Waals surface area contributed by atoms with Crippen LogP contribution in [0.15, 0.2) is 24.3 Å². The number of nitrogens with two attached hydrogens (primary N) is 1. The van der Waals surface area contributed by atoms with Gasteiger partial charge in [-0.1, -0.05) is 13.8 Å². The monoisotopic (exact) mass is 526 g/mol. The molecular weight excluding hydrogens is 488 g/mol. The minimum absolute atomic E-state index is 0.00918. The molecule has 5 rings (SSSR count). The third-order valence-corrected chi connectivity index (χ3v) is 11.6. The van der Waals surface area contributed by atoms with Crippen LogP contribution in [0.1, 0.15) is 27.2 Å². The maximum atomic E-state index is 13.3. The number of anilines is 2. The number of carbonyl (C=O) groups excluding carboxylic acids is 1. The quantitative estimate of drug-likeness (QED) is 0.576. The predicted molar refractivity (Wildman–Crippen MR) is 139 cm³/mol. The first-order valence-corrected chi connectivity index (χ1v) is 15.9. The van der Waals surface area contributed by atoms with E-state index >= 15 is 0 Å². The van der Waals surface area contributed by atoms with Crippen LogP contribution in [0.25, 0.3) is 0 Å². The fraction of sp³-hybridized carbons (Fsp3) is 0.708. The smallest absolute Gasteiger partial charge is 0.240 e. The lowest BCUT2D eigenvalue weighted by molar-refractivity contribution is -0.130. The van der Waals surface area contributed by atoms with Gasteiger partial charge in [-0.15, -0.1) is 0 Å². The average molecular weight is 527 g/mol. The summed E-state index contributed by atoms with van der Waals surface area (Å²) in [7, 11) is -6.50. The zero-order valence-corrected chi connectivity index (χ0v) is 22.5. The van der Waals surface area contributed by atoms with E-state index in [4.69, 9.17) is 5.73 Å². The fourth-order valence-corrected chi connectivity index (χ4v) is 8.22.